The number of benzene rings is 2. The Morgan fingerprint density at radius 1 is 0.960 bits per heavy atom. The number of hydrogen-bond acceptors (Lipinski definition) is 6. The molecule has 0 aliphatic carbocycles. The fourth-order valence-corrected chi connectivity index (χ4v) is 3.35. The van der Waals surface area contributed by atoms with Gasteiger partial charge in [0.05, 0.1) is 20.6 Å². The molecule has 7 heteroatoms. The van der Waals surface area contributed by atoms with E-state index in [0.29, 0.717) is 29.0 Å². The van der Waals surface area contributed by atoms with Gasteiger partial charge in [-0.25, -0.2) is 0 Å². The van der Waals surface area contributed by atoms with Crippen LogP contribution in [-0.4, -0.2) is 24.4 Å². The van der Waals surface area contributed by atoms with Gasteiger partial charge in [0, 0.05) is 9.32 Å². The number of halogens is 1. The van der Waals surface area contributed by atoms with Crippen molar-refractivity contribution >= 4 is 34.4 Å². The summed E-state index contributed by atoms with van der Waals surface area (Å²) >= 11 is 3.83. The van der Waals surface area contributed by atoms with Crippen molar-refractivity contribution in [1.29, 1.82) is 0 Å². The zero-order valence-electron chi connectivity index (χ0n) is 13.9. The molecule has 0 saturated heterocycles. The highest BCUT2D eigenvalue weighted by molar-refractivity contribution is 14.1. The summed E-state index contributed by atoms with van der Waals surface area (Å²) in [5.74, 6) is 2.77. The summed E-state index contributed by atoms with van der Waals surface area (Å²) in [6.07, 6.45) is 0.553. The quantitative estimate of drug-likeness (QED) is 0.374. The largest absolute Gasteiger partial charge is 0.493 e. The maximum absolute atomic E-state index is 5.73. The van der Waals surface area contributed by atoms with Crippen LogP contribution >= 0.6 is 34.4 Å². The number of ether oxygens (including phenoxy) is 2. The first-order valence-corrected chi connectivity index (χ1v) is 9.65. The molecule has 0 unspecified atom stereocenters. The predicted molar refractivity (Wildman–Crippen MR) is 105 cm³/mol. The van der Waals surface area contributed by atoms with E-state index in [4.69, 9.17) is 13.9 Å². The highest BCUT2D eigenvalue weighted by Gasteiger charge is 2.10. The van der Waals surface area contributed by atoms with E-state index in [-0.39, 0.29) is 0 Å². The molecule has 1 heterocycles. The molecule has 0 fully saturated rings. The van der Waals surface area contributed by atoms with Gasteiger partial charge >= 0.3 is 0 Å². The number of hydrogen-bond donors (Lipinski definition) is 0. The lowest BCUT2D eigenvalue weighted by Gasteiger charge is -2.08. The number of rotatable bonds is 7. The summed E-state index contributed by atoms with van der Waals surface area (Å²) in [7, 11) is 3.24. The second kappa shape index (κ2) is 8.57. The minimum absolute atomic E-state index is 0.553. The average molecular weight is 468 g/mol. The number of methoxy groups -OCH3 is 2. The van der Waals surface area contributed by atoms with Crippen LogP contribution in [0.25, 0.3) is 0 Å². The summed E-state index contributed by atoms with van der Waals surface area (Å²) in [6.45, 7) is 0. The van der Waals surface area contributed by atoms with Gasteiger partial charge < -0.3 is 13.9 Å². The Labute approximate surface area is 164 Å². The minimum atomic E-state index is 0.553. The van der Waals surface area contributed by atoms with E-state index in [1.807, 2.05) is 18.2 Å². The highest BCUT2D eigenvalue weighted by Crippen LogP contribution is 2.29. The molecule has 2 aromatic carbocycles. The topological polar surface area (TPSA) is 57.4 Å². The first-order chi connectivity index (χ1) is 12.2. The van der Waals surface area contributed by atoms with Crippen molar-refractivity contribution in [3.05, 3.63) is 63.1 Å². The van der Waals surface area contributed by atoms with Crippen LogP contribution in [0.15, 0.2) is 52.1 Å². The van der Waals surface area contributed by atoms with Crippen molar-refractivity contribution in [1.82, 2.24) is 10.2 Å². The molecule has 3 rings (SSSR count). The molecular weight excluding hydrogens is 451 g/mol. The Morgan fingerprint density at radius 2 is 1.68 bits per heavy atom. The minimum Gasteiger partial charge on any atom is -0.493 e. The molecule has 0 amide bonds. The van der Waals surface area contributed by atoms with Gasteiger partial charge in [0.25, 0.3) is 5.22 Å². The van der Waals surface area contributed by atoms with Crippen molar-refractivity contribution in [2.75, 3.05) is 14.2 Å². The van der Waals surface area contributed by atoms with Crippen molar-refractivity contribution < 1.29 is 13.9 Å². The third-order valence-electron chi connectivity index (χ3n) is 3.53. The van der Waals surface area contributed by atoms with E-state index in [1.54, 1.807) is 14.2 Å². The van der Waals surface area contributed by atoms with Gasteiger partial charge in [-0.2, -0.15) is 0 Å². The molecule has 3 aromatic rings. The Hall–Kier alpha value is -1.74. The second-order valence-corrected chi connectivity index (χ2v) is 7.42. The molecule has 5 nitrogen and oxygen atoms in total. The predicted octanol–water partition coefficient (Wildman–Crippen LogP) is 4.57. The standard InChI is InChI=1S/C18H17IN2O3S/c1-22-15-8-5-13(9-16(15)23-2)10-17-20-21-18(24-17)25-11-12-3-6-14(19)7-4-12/h3-9H,10-11H2,1-2H3. The lowest BCUT2D eigenvalue weighted by atomic mass is 10.1. The first kappa shape index (κ1) is 18.1. The summed E-state index contributed by atoms with van der Waals surface area (Å²) in [6, 6.07) is 14.1. The smallest absolute Gasteiger partial charge is 0.276 e. The Morgan fingerprint density at radius 3 is 2.40 bits per heavy atom. The number of aromatic nitrogens is 2. The normalized spacial score (nSPS) is 10.7. The van der Waals surface area contributed by atoms with Gasteiger partial charge in [-0.05, 0) is 58.0 Å². The number of nitrogens with zero attached hydrogens (tertiary/aromatic N) is 2. The molecule has 25 heavy (non-hydrogen) atoms. The summed E-state index contributed by atoms with van der Waals surface area (Å²) in [5.41, 5.74) is 2.25. The number of thioether (sulfide) groups is 1. The first-order valence-electron chi connectivity index (χ1n) is 7.58. The fraction of sp³-hybridized carbons (Fsp3) is 0.222. The maximum atomic E-state index is 5.73. The van der Waals surface area contributed by atoms with E-state index < -0.39 is 0 Å². The fourth-order valence-electron chi connectivity index (χ4n) is 2.26. The van der Waals surface area contributed by atoms with E-state index in [2.05, 4.69) is 57.1 Å². The zero-order valence-corrected chi connectivity index (χ0v) is 16.8. The van der Waals surface area contributed by atoms with Crippen LogP contribution in [0.5, 0.6) is 11.5 Å². The van der Waals surface area contributed by atoms with Crippen LogP contribution in [0, 0.1) is 3.57 Å². The van der Waals surface area contributed by atoms with Gasteiger partial charge in [0.2, 0.25) is 5.89 Å². The second-order valence-electron chi connectivity index (χ2n) is 5.24. The molecule has 1 aromatic heterocycles. The molecule has 0 spiro atoms. The van der Waals surface area contributed by atoms with Crippen LogP contribution in [-0.2, 0) is 12.2 Å². The summed E-state index contributed by atoms with van der Waals surface area (Å²) < 4.78 is 17.5. The molecule has 0 radical (unpaired) electrons. The lowest BCUT2D eigenvalue weighted by molar-refractivity contribution is 0.354. The zero-order chi connectivity index (χ0) is 17.6. The van der Waals surface area contributed by atoms with Crippen molar-refractivity contribution in [3.63, 3.8) is 0 Å². The van der Waals surface area contributed by atoms with Crippen LogP contribution in [0.2, 0.25) is 0 Å². The lowest BCUT2D eigenvalue weighted by Crippen LogP contribution is -1.94. The molecule has 0 aliphatic rings. The van der Waals surface area contributed by atoms with E-state index >= 15 is 0 Å². The van der Waals surface area contributed by atoms with Gasteiger partial charge in [0.1, 0.15) is 0 Å². The van der Waals surface area contributed by atoms with Crippen LogP contribution < -0.4 is 9.47 Å². The molecule has 0 atom stereocenters. The summed E-state index contributed by atoms with van der Waals surface area (Å²) in [4.78, 5) is 0. The Balaban J connectivity index is 1.62. The molecule has 0 aliphatic heterocycles. The highest BCUT2D eigenvalue weighted by atomic mass is 127. The van der Waals surface area contributed by atoms with Gasteiger partial charge in [-0.15, -0.1) is 10.2 Å². The summed E-state index contributed by atoms with van der Waals surface area (Å²) in [5, 5.41) is 8.81. The van der Waals surface area contributed by atoms with Crippen molar-refractivity contribution in [3.8, 4) is 11.5 Å². The molecule has 130 valence electrons. The average Bonchev–Trinajstić information content (AvgIpc) is 3.08. The van der Waals surface area contributed by atoms with Crippen LogP contribution in [0.1, 0.15) is 17.0 Å². The Bertz CT molecular complexity index is 837. The van der Waals surface area contributed by atoms with E-state index in [0.717, 1.165) is 11.3 Å². The molecule has 0 bridgehead atoms. The third-order valence-corrected chi connectivity index (χ3v) is 5.14. The van der Waals surface area contributed by atoms with Gasteiger partial charge in [-0.3, -0.25) is 0 Å². The van der Waals surface area contributed by atoms with Gasteiger partial charge in [0.15, 0.2) is 11.5 Å². The van der Waals surface area contributed by atoms with Crippen LogP contribution in [0.3, 0.4) is 0 Å². The molecule has 0 saturated carbocycles. The molecule has 0 N–H and O–H groups in total. The monoisotopic (exact) mass is 468 g/mol. The van der Waals surface area contributed by atoms with Crippen molar-refractivity contribution in [2.24, 2.45) is 0 Å². The third kappa shape index (κ3) is 4.88. The van der Waals surface area contributed by atoms with Crippen molar-refractivity contribution in [2.45, 2.75) is 17.4 Å². The van der Waals surface area contributed by atoms with Gasteiger partial charge in [-0.1, -0.05) is 30.0 Å². The van der Waals surface area contributed by atoms with E-state index in [1.165, 1.54) is 20.9 Å². The SMILES string of the molecule is COc1ccc(Cc2nnc(SCc3ccc(I)cc3)o2)cc1OC. The Kier molecular flexibility index (Phi) is 6.19. The van der Waals surface area contributed by atoms with Crippen LogP contribution in [0.4, 0.5) is 0 Å². The maximum Gasteiger partial charge on any atom is 0.276 e. The van der Waals surface area contributed by atoms with E-state index in [9.17, 15) is 0 Å². The molecular formula is C18H17IN2O3S.